The van der Waals surface area contributed by atoms with Crippen LogP contribution in [-0.2, 0) is 16.0 Å². The fourth-order valence-corrected chi connectivity index (χ4v) is 4.28. The number of benzene rings is 1. The van der Waals surface area contributed by atoms with Crippen LogP contribution in [-0.4, -0.2) is 58.6 Å². The molecule has 7 nitrogen and oxygen atoms in total. The summed E-state index contributed by atoms with van der Waals surface area (Å²) in [6.45, 7) is 0.435. The number of fused-ring (bicyclic) bond motifs is 1. The largest absolute Gasteiger partial charge is 0.467 e. The molecule has 1 aromatic heterocycles. The lowest BCUT2D eigenvalue weighted by Crippen LogP contribution is -2.51. The Hall–Kier alpha value is -1.90. The van der Waals surface area contributed by atoms with Crippen LogP contribution in [0.15, 0.2) is 24.5 Å². The second-order valence-corrected chi connectivity index (χ2v) is 8.33. The number of rotatable bonds is 6. The SMILES string of the molecule is COC(=O)C(CCSC)NC(=O)N1CCc2[nH]cnc2C1c1cccc(Cl)c1Cl. The molecule has 29 heavy (non-hydrogen) atoms. The molecule has 1 aliphatic rings. The summed E-state index contributed by atoms with van der Waals surface area (Å²) >= 11 is 14.3. The highest BCUT2D eigenvalue weighted by atomic mass is 35.5. The minimum Gasteiger partial charge on any atom is -0.467 e. The van der Waals surface area contributed by atoms with Crippen LogP contribution in [0.25, 0.3) is 0 Å². The van der Waals surface area contributed by atoms with E-state index in [2.05, 4.69) is 15.3 Å². The predicted molar refractivity (Wildman–Crippen MR) is 115 cm³/mol. The molecule has 2 heterocycles. The number of carbonyl (C=O) groups excluding carboxylic acids is 2. The number of halogens is 2. The van der Waals surface area contributed by atoms with Crippen LogP contribution in [0.1, 0.15) is 29.4 Å². The Bertz CT molecular complexity index is 892. The molecule has 0 radical (unpaired) electrons. The lowest BCUT2D eigenvalue weighted by Gasteiger charge is -2.36. The third-order valence-electron chi connectivity index (χ3n) is 4.86. The first kappa shape index (κ1) is 21.8. The van der Waals surface area contributed by atoms with Gasteiger partial charge in [-0.25, -0.2) is 14.6 Å². The first-order chi connectivity index (χ1) is 14.0. The molecule has 0 saturated heterocycles. The number of urea groups is 1. The number of hydrogen-bond donors (Lipinski definition) is 2. The number of aromatic amines is 1. The van der Waals surface area contributed by atoms with Crippen molar-refractivity contribution >= 4 is 47.0 Å². The molecule has 0 bridgehead atoms. The van der Waals surface area contributed by atoms with Gasteiger partial charge in [-0.15, -0.1) is 0 Å². The Morgan fingerprint density at radius 1 is 1.45 bits per heavy atom. The lowest BCUT2D eigenvalue weighted by molar-refractivity contribution is -0.142. The molecule has 0 saturated carbocycles. The summed E-state index contributed by atoms with van der Waals surface area (Å²) in [6, 6.07) is 3.69. The van der Waals surface area contributed by atoms with Crippen LogP contribution in [0.5, 0.6) is 0 Å². The van der Waals surface area contributed by atoms with Gasteiger partial charge in [-0.1, -0.05) is 35.3 Å². The van der Waals surface area contributed by atoms with Gasteiger partial charge in [-0.2, -0.15) is 11.8 Å². The molecule has 2 unspecified atom stereocenters. The lowest BCUT2D eigenvalue weighted by atomic mass is 9.96. The van der Waals surface area contributed by atoms with E-state index in [9.17, 15) is 9.59 Å². The summed E-state index contributed by atoms with van der Waals surface area (Å²) in [6.07, 6.45) is 4.64. The highest BCUT2D eigenvalue weighted by Crippen LogP contribution is 2.39. The monoisotopic (exact) mass is 456 g/mol. The number of ether oxygens (including phenoxy) is 1. The standard InChI is InChI=1S/C19H22Cl2N4O3S/c1-28-18(26)14(7-9-29-2)24-19(27)25-8-6-13-16(23-10-22-13)17(25)11-4-3-5-12(20)15(11)21/h3-5,10,14,17H,6-9H2,1-2H3,(H,22,23)(H,24,27). The number of carbonyl (C=O) groups is 2. The van der Waals surface area contributed by atoms with Crippen LogP contribution < -0.4 is 5.32 Å². The van der Waals surface area contributed by atoms with Gasteiger partial charge in [-0.05, 0) is 24.5 Å². The molecule has 0 aliphatic carbocycles. The van der Waals surface area contributed by atoms with Crippen molar-refractivity contribution in [1.29, 1.82) is 0 Å². The van der Waals surface area contributed by atoms with Crippen LogP contribution in [0.2, 0.25) is 10.0 Å². The van der Waals surface area contributed by atoms with Gasteiger partial charge in [-0.3, -0.25) is 0 Å². The number of nitrogens with one attached hydrogen (secondary N) is 2. The van der Waals surface area contributed by atoms with Crippen LogP contribution >= 0.6 is 35.0 Å². The average Bonchev–Trinajstić information content (AvgIpc) is 3.20. The minimum absolute atomic E-state index is 0.375. The number of thioether (sulfide) groups is 1. The molecule has 10 heteroatoms. The van der Waals surface area contributed by atoms with Crippen molar-refractivity contribution in [2.24, 2.45) is 0 Å². The zero-order valence-corrected chi connectivity index (χ0v) is 18.4. The number of methoxy groups -OCH3 is 1. The van der Waals surface area contributed by atoms with E-state index in [0.29, 0.717) is 46.4 Å². The van der Waals surface area contributed by atoms with Crippen LogP contribution in [0.4, 0.5) is 4.79 Å². The van der Waals surface area contributed by atoms with Gasteiger partial charge in [0.1, 0.15) is 12.1 Å². The number of hydrogen-bond acceptors (Lipinski definition) is 5. The fraction of sp³-hybridized carbons (Fsp3) is 0.421. The number of H-pyrrole nitrogens is 1. The van der Waals surface area contributed by atoms with Crippen molar-refractivity contribution in [3.05, 3.63) is 51.5 Å². The van der Waals surface area contributed by atoms with E-state index in [4.69, 9.17) is 27.9 Å². The number of aromatic nitrogens is 2. The van der Waals surface area contributed by atoms with E-state index in [1.54, 1.807) is 35.1 Å². The number of esters is 1. The summed E-state index contributed by atoms with van der Waals surface area (Å²) in [7, 11) is 1.31. The minimum atomic E-state index is -0.726. The number of amides is 2. The molecular formula is C19H22Cl2N4O3S. The third-order valence-corrected chi connectivity index (χ3v) is 6.33. The molecule has 2 amide bonds. The average molecular weight is 457 g/mol. The predicted octanol–water partition coefficient (Wildman–Crippen LogP) is 3.67. The highest BCUT2D eigenvalue weighted by Gasteiger charge is 2.37. The van der Waals surface area contributed by atoms with Gasteiger partial charge in [0, 0.05) is 24.2 Å². The van der Waals surface area contributed by atoms with Gasteiger partial charge < -0.3 is 19.9 Å². The molecule has 1 aromatic carbocycles. The fourth-order valence-electron chi connectivity index (χ4n) is 3.40. The van der Waals surface area contributed by atoms with Gasteiger partial charge in [0.05, 0.1) is 29.2 Å². The Labute approximate surface area is 183 Å². The molecule has 156 valence electrons. The Morgan fingerprint density at radius 2 is 2.24 bits per heavy atom. The Balaban J connectivity index is 1.93. The second kappa shape index (κ2) is 9.73. The Morgan fingerprint density at radius 3 is 2.97 bits per heavy atom. The quantitative estimate of drug-likeness (QED) is 0.647. The van der Waals surface area contributed by atoms with Gasteiger partial charge in [0.25, 0.3) is 0 Å². The molecule has 2 aromatic rings. The topological polar surface area (TPSA) is 87.3 Å². The number of nitrogens with zero attached hydrogens (tertiary/aromatic N) is 2. The molecular weight excluding hydrogens is 435 g/mol. The molecule has 2 atom stereocenters. The maximum atomic E-state index is 13.2. The maximum absolute atomic E-state index is 13.2. The zero-order chi connectivity index (χ0) is 21.0. The van der Waals surface area contributed by atoms with Crippen molar-refractivity contribution in [3.63, 3.8) is 0 Å². The van der Waals surface area contributed by atoms with Crippen LogP contribution in [0.3, 0.4) is 0 Å². The summed E-state index contributed by atoms with van der Waals surface area (Å²) < 4.78 is 4.85. The maximum Gasteiger partial charge on any atom is 0.328 e. The third kappa shape index (κ3) is 4.65. The van der Waals surface area contributed by atoms with Crippen molar-refractivity contribution in [2.45, 2.75) is 24.9 Å². The summed E-state index contributed by atoms with van der Waals surface area (Å²) in [5, 5.41) is 3.59. The Kier molecular flexibility index (Phi) is 7.32. The van der Waals surface area contributed by atoms with E-state index in [1.807, 2.05) is 12.3 Å². The zero-order valence-electron chi connectivity index (χ0n) is 16.1. The smallest absolute Gasteiger partial charge is 0.328 e. The van der Waals surface area contributed by atoms with Crippen LogP contribution in [0, 0.1) is 0 Å². The number of imidazole rings is 1. The van der Waals surface area contributed by atoms with Crippen molar-refractivity contribution in [1.82, 2.24) is 20.2 Å². The summed E-state index contributed by atoms with van der Waals surface area (Å²) in [5.74, 6) is 0.245. The van der Waals surface area contributed by atoms with Crippen molar-refractivity contribution in [2.75, 3.05) is 25.7 Å². The van der Waals surface area contributed by atoms with Crippen molar-refractivity contribution < 1.29 is 14.3 Å². The molecule has 0 spiro atoms. The normalized spacial score (nSPS) is 16.8. The van der Waals surface area contributed by atoms with E-state index < -0.39 is 18.1 Å². The summed E-state index contributed by atoms with van der Waals surface area (Å²) in [4.78, 5) is 34.5. The molecule has 1 aliphatic heterocycles. The van der Waals surface area contributed by atoms with E-state index >= 15 is 0 Å². The van der Waals surface area contributed by atoms with E-state index in [1.165, 1.54) is 7.11 Å². The van der Waals surface area contributed by atoms with Gasteiger partial charge in [0.15, 0.2) is 0 Å². The molecule has 2 N–H and O–H groups in total. The van der Waals surface area contributed by atoms with E-state index in [0.717, 1.165) is 5.69 Å². The van der Waals surface area contributed by atoms with Gasteiger partial charge >= 0.3 is 12.0 Å². The first-order valence-corrected chi connectivity index (χ1v) is 11.2. The molecule has 0 fully saturated rings. The van der Waals surface area contributed by atoms with E-state index in [-0.39, 0.29) is 6.03 Å². The van der Waals surface area contributed by atoms with Crippen molar-refractivity contribution in [3.8, 4) is 0 Å². The molecule has 3 rings (SSSR count). The second-order valence-electron chi connectivity index (χ2n) is 6.56. The first-order valence-electron chi connectivity index (χ1n) is 9.07. The summed E-state index contributed by atoms with van der Waals surface area (Å²) in [5.41, 5.74) is 2.34. The van der Waals surface area contributed by atoms with Gasteiger partial charge in [0.2, 0.25) is 0 Å². The highest BCUT2D eigenvalue weighted by molar-refractivity contribution is 7.98.